The molecule has 0 aliphatic rings. The Hall–Kier alpha value is -1.50. The van der Waals surface area contributed by atoms with Crippen molar-refractivity contribution >= 4 is 17.7 Å². The lowest BCUT2D eigenvalue weighted by atomic mass is 10.6. The molecule has 0 fully saturated rings. The summed E-state index contributed by atoms with van der Waals surface area (Å²) in [5, 5.41) is 0.450. The van der Waals surface area contributed by atoms with Crippen molar-refractivity contribution in [3.05, 3.63) is 26.9 Å². The van der Waals surface area contributed by atoms with E-state index < -0.39 is 5.69 Å². The average Bonchev–Trinajstić information content (AvgIpc) is 2.30. The molecule has 6 nitrogen and oxygen atoms in total. The Morgan fingerprint density at radius 2 is 2.00 bits per heavy atom. The number of rotatable bonds is 4. The molecule has 0 N–H and O–H groups in total. The number of hydrogen-bond donors (Lipinski definition) is 0. The molecule has 1 rings (SSSR count). The second kappa shape index (κ2) is 5.72. The number of nitrogens with zero attached hydrogens (tertiary/aromatic N) is 2. The number of carbonyl (C=O) groups excluding carboxylic acids is 1. The minimum absolute atomic E-state index is 0.0777. The molecule has 0 bridgehead atoms. The highest BCUT2D eigenvalue weighted by molar-refractivity contribution is 7.99. The Morgan fingerprint density at radius 1 is 1.35 bits per heavy atom. The smallest absolute Gasteiger partial charge is 0.331 e. The van der Waals surface area contributed by atoms with Crippen molar-refractivity contribution in [3.8, 4) is 0 Å². The Labute approximate surface area is 102 Å². The fourth-order valence-electron chi connectivity index (χ4n) is 1.19. The first-order valence-electron chi connectivity index (χ1n) is 5.02. The molecule has 0 saturated heterocycles. The van der Waals surface area contributed by atoms with Crippen LogP contribution in [0.5, 0.6) is 0 Å². The molecule has 0 unspecified atom stereocenters. The molecule has 0 aliphatic heterocycles. The molecule has 1 aromatic heterocycles. The van der Waals surface area contributed by atoms with Gasteiger partial charge >= 0.3 is 11.7 Å². The quantitative estimate of drug-likeness (QED) is 0.423. The molecule has 0 aliphatic carbocycles. The van der Waals surface area contributed by atoms with Crippen LogP contribution in [0.2, 0.25) is 0 Å². The van der Waals surface area contributed by atoms with E-state index in [1.807, 2.05) is 0 Å². The van der Waals surface area contributed by atoms with E-state index in [0.717, 1.165) is 16.3 Å². The van der Waals surface area contributed by atoms with Gasteiger partial charge in [0.05, 0.1) is 17.4 Å². The molecule has 1 aromatic rings. The number of hydrogen-bond acceptors (Lipinski definition) is 5. The fourth-order valence-corrected chi connectivity index (χ4v) is 1.99. The highest BCUT2D eigenvalue weighted by Crippen LogP contribution is 2.13. The highest BCUT2D eigenvalue weighted by atomic mass is 32.2. The lowest BCUT2D eigenvalue weighted by molar-refractivity contribution is -0.139. The first-order valence-corrected chi connectivity index (χ1v) is 6.01. The van der Waals surface area contributed by atoms with Gasteiger partial charge in [-0.3, -0.25) is 18.7 Å². The van der Waals surface area contributed by atoms with Gasteiger partial charge in [-0.05, 0) is 6.92 Å². The van der Waals surface area contributed by atoms with Crippen LogP contribution in [0, 0.1) is 0 Å². The van der Waals surface area contributed by atoms with Crippen LogP contribution in [0.4, 0.5) is 0 Å². The van der Waals surface area contributed by atoms with Gasteiger partial charge in [0.25, 0.3) is 5.56 Å². The molecule has 0 saturated carbocycles. The largest absolute Gasteiger partial charge is 0.465 e. The SMILES string of the molecule is CCOC(=O)CSc1cc(=O)n(C)c(=O)n1C. The van der Waals surface area contributed by atoms with Crippen molar-refractivity contribution in [3.63, 3.8) is 0 Å². The molecule has 1 heterocycles. The zero-order chi connectivity index (χ0) is 13.0. The molecule has 0 radical (unpaired) electrons. The predicted octanol–water partition coefficient (Wildman–Crippen LogP) is -0.261. The normalized spacial score (nSPS) is 10.3. The number of ether oxygens (including phenoxy) is 1. The van der Waals surface area contributed by atoms with Gasteiger partial charge in [-0.2, -0.15) is 0 Å². The van der Waals surface area contributed by atoms with Crippen LogP contribution in [0.1, 0.15) is 6.92 Å². The van der Waals surface area contributed by atoms with Gasteiger partial charge in [-0.1, -0.05) is 11.8 Å². The minimum Gasteiger partial charge on any atom is -0.465 e. The van der Waals surface area contributed by atoms with Crippen LogP contribution in [-0.2, 0) is 23.6 Å². The Morgan fingerprint density at radius 3 is 2.59 bits per heavy atom. The lowest BCUT2D eigenvalue weighted by Gasteiger charge is -2.08. The summed E-state index contributed by atoms with van der Waals surface area (Å²) in [6, 6.07) is 1.32. The van der Waals surface area contributed by atoms with Gasteiger partial charge in [-0.25, -0.2) is 4.79 Å². The van der Waals surface area contributed by atoms with Crippen molar-refractivity contribution in [1.29, 1.82) is 0 Å². The van der Waals surface area contributed by atoms with Gasteiger partial charge in [0, 0.05) is 20.2 Å². The lowest BCUT2D eigenvalue weighted by Crippen LogP contribution is -2.37. The summed E-state index contributed by atoms with van der Waals surface area (Å²) in [5.74, 6) is -0.292. The van der Waals surface area contributed by atoms with Crippen LogP contribution < -0.4 is 11.2 Å². The molecule has 0 aromatic carbocycles. The summed E-state index contributed by atoms with van der Waals surface area (Å²) in [7, 11) is 2.96. The second-order valence-corrected chi connectivity index (χ2v) is 4.31. The molecule has 0 spiro atoms. The van der Waals surface area contributed by atoms with E-state index in [9.17, 15) is 14.4 Å². The van der Waals surface area contributed by atoms with Gasteiger partial charge in [-0.15, -0.1) is 0 Å². The highest BCUT2D eigenvalue weighted by Gasteiger charge is 2.09. The van der Waals surface area contributed by atoms with E-state index in [0.29, 0.717) is 11.6 Å². The standard InChI is InChI=1S/C10H14N2O4S/c1-4-16-9(14)6-17-8-5-7(13)11(2)10(15)12(8)3/h5H,4,6H2,1-3H3. The van der Waals surface area contributed by atoms with E-state index in [1.54, 1.807) is 14.0 Å². The number of carbonyl (C=O) groups is 1. The van der Waals surface area contributed by atoms with E-state index in [1.165, 1.54) is 17.7 Å². The summed E-state index contributed by atoms with van der Waals surface area (Å²) < 4.78 is 7.09. The van der Waals surface area contributed by atoms with E-state index in [2.05, 4.69) is 0 Å². The first kappa shape index (κ1) is 13.6. The molecular formula is C10H14N2O4S. The second-order valence-electron chi connectivity index (χ2n) is 3.32. The third-order valence-electron chi connectivity index (χ3n) is 2.13. The van der Waals surface area contributed by atoms with Crippen molar-refractivity contribution < 1.29 is 9.53 Å². The Balaban J connectivity index is 2.90. The zero-order valence-corrected chi connectivity index (χ0v) is 10.7. The maximum atomic E-state index is 11.6. The van der Waals surface area contributed by atoms with Crippen LogP contribution >= 0.6 is 11.8 Å². The van der Waals surface area contributed by atoms with Crippen LogP contribution in [0.3, 0.4) is 0 Å². The number of esters is 1. The fraction of sp³-hybridized carbons (Fsp3) is 0.500. The molecule has 17 heavy (non-hydrogen) atoms. The summed E-state index contributed by atoms with van der Waals surface area (Å²) in [5.41, 5.74) is -0.802. The minimum atomic E-state index is -0.413. The Bertz CT molecular complexity index is 532. The molecule has 0 atom stereocenters. The van der Waals surface area contributed by atoms with E-state index >= 15 is 0 Å². The first-order chi connectivity index (χ1) is 7.97. The summed E-state index contributed by atoms with van der Waals surface area (Å²) >= 11 is 1.11. The van der Waals surface area contributed by atoms with Gasteiger partial charge in [0.15, 0.2) is 0 Å². The topological polar surface area (TPSA) is 70.3 Å². The van der Waals surface area contributed by atoms with Crippen molar-refractivity contribution in [2.75, 3.05) is 12.4 Å². The maximum Gasteiger partial charge on any atom is 0.331 e. The van der Waals surface area contributed by atoms with Crippen LogP contribution in [0.25, 0.3) is 0 Å². The van der Waals surface area contributed by atoms with E-state index in [4.69, 9.17) is 4.74 Å². The zero-order valence-electron chi connectivity index (χ0n) is 9.93. The van der Waals surface area contributed by atoms with Crippen molar-refractivity contribution in [2.24, 2.45) is 14.1 Å². The summed E-state index contributed by atoms with van der Waals surface area (Å²) in [6.45, 7) is 2.03. The molecule has 0 amide bonds. The third-order valence-corrected chi connectivity index (χ3v) is 3.19. The van der Waals surface area contributed by atoms with Crippen LogP contribution in [-0.4, -0.2) is 27.5 Å². The maximum absolute atomic E-state index is 11.6. The summed E-state index contributed by atoms with van der Waals surface area (Å²) in [4.78, 5) is 34.1. The predicted molar refractivity (Wildman–Crippen MR) is 64.3 cm³/mol. The summed E-state index contributed by atoms with van der Waals surface area (Å²) in [6.07, 6.45) is 0. The van der Waals surface area contributed by atoms with E-state index in [-0.39, 0.29) is 17.3 Å². The number of thioether (sulfide) groups is 1. The van der Waals surface area contributed by atoms with Gasteiger partial charge in [0.2, 0.25) is 0 Å². The van der Waals surface area contributed by atoms with Crippen LogP contribution in [0.15, 0.2) is 20.7 Å². The van der Waals surface area contributed by atoms with Crippen molar-refractivity contribution in [2.45, 2.75) is 11.9 Å². The third kappa shape index (κ3) is 3.23. The average molecular weight is 258 g/mol. The van der Waals surface area contributed by atoms with Gasteiger partial charge in [0.1, 0.15) is 0 Å². The molecule has 7 heteroatoms. The van der Waals surface area contributed by atoms with Gasteiger partial charge < -0.3 is 4.74 Å². The van der Waals surface area contributed by atoms with Crippen molar-refractivity contribution in [1.82, 2.24) is 9.13 Å². The molecular weight excluding hydrogens is 244 g/mol. The molecule has 94 valence electrons. The Kier molecular flexibility index (Phi) is 4.56. The monoisotopic (exact) mass is 258 g/mol. The number of aromatic nitrogens is 2.